The van der Waals surface area contributed by atoms with Crippen LogP contribution in [0.3, 0.4) is 0 Å². The number of hydrogen-bond donors (Lipinski definition) is 1. The number of ketones is 1. The Hall–Kier alpha value is -2.20. The van der Waals surface area contributed by atoms with Crippen molar-refractivity contribution in [3.05, 3.63) is 70.5 Å². The summed E-state index contributed by atoms with van der Waals surface area (Å²) in [6.45, 7) is 0. The van der Waals surface area contributed by atoms with E-state index in [2.05, 4.69) is 20.9 Å². The standard InChI is InChI=1S/C16H11BrN2O/c17-11-4-5-15(18)14(8-11)16(20)13-3-1-2-10-9-19-7-6-12(10)13/h1-9H,18H2. The molecular formula is C16H11BrN2O. The fourth-order valence-corrected chi connectivity index (χ4v) is 2.55. The van der Waals surface area contributed by atoms with Crippen LogP contribution in [0.25, 0.3) is 10.8 Å². The molecule has 2 aromatic carbocycles. The summed E-state index contributed by atoms with van der Waals surface area (Å²) < 4.78 is 0.831. The molecular weight excluding hydrogens is 316 g/mol. The third kappa shape index (κ3) is 2.18. The molecule has 0 fully saturated rings. The predicted molar refractivity (Wildman–Crippen MR) is 83.7 cm³/mol. The number of benzene rings is 2. The minimum atomic E-state index is -0.0828. The van der Waals surface area contributed by atoms with Crippen LogP contribution in [0.4, 0.5) is 5.69 Å². The van der Waals surface area contributed by atoms with Crippen LogP contribution in [-0.4, -0.2) is 10.8 Å². The first-order valence-corrected chi connectivity index (χ1v) is 6.88. The lowest BCUT2D eigenvalue weighted by Gasteiger charge is -2.08. The third-order valence-corrected chi connectivity index (χ3v) is 3.68. The van der Waals surface area contributed by atoms with Gasteiger partial charge in [0.1, 0.15) is 0 Å². The molecule has 0 aliphatic heterocycles. The van der Waals surface area contributed by atoms with Crippen molar-refractivity contribution < 1.29 is 4.79 Å². The summed E-state index contributed by atoms with van der Waals surface area (Å²) in [5.74, 6) is -0.0828. The van der Waals surface area contributed by atoms with Gasteiger partial charge in [0.25, 0.3) is 0 Å². The lowest BCUT2D eigenvalue weighted by Crippen LogP contribution is -2.06. The minimum Gasteiger partial charge on any atom is -0.398 e. The molecule has 0 atom stereocenters. The fourth-order valence-electron chi connectivity index (χ4n) is 2.19. The van der Waals surface area contributed by atoms with Crippen molar-refractivity contribution in [2.75, 3.05) is 5.73 Å². The Morgan fingerprint density at radius 1 is 1.10 bits per heavy atom. The number of nitrogen functional groups attached to an aromatic ring is 1. The monoisotopic (exact) mass is 326 g/mol. The minimum absolute atomic E-state index is 0.0828. The van der Waals surface area contributed by atoms with Gasteiger partial charge in [-0.2, -0.15) is 0 Å². The molecule has 98 valence electrons. The number of aromatic nitrogens is 1. The molecule has 0 saturated carbocycles. The largest absolute Gasteiger partial charge is 0.398 e. The SMILES string of the molecule is Nc1ccc(Br)cc1C(=O)c1cccc2cnccc12. The molecule has 0 saturated heterocycles. The summed E-state index contributed by atoms with van der Waals surface area (Å²) in [5, 5.41) is 1.82. The maximum Gasteiger partial charge on any atom is 0.195 e. The number of carbonyl (C=O) groups is 1. The van der Waals surface area contributed by atoms with E-state index in [9.17, 15) is 4.79 Å². The molecule has 1 aromatic heterocycles. The number of hydrogen-bond acceptors (Lipinski definition) is 3. The molecule has 0 unspecified atom stereocenters. The van der Waals surface area contributed by atoms with Crippen LogP contribution in [-0.2, 0) is 0 Å². The van der Waals surface area contributed by atoms with E-state index in [0.29, 0.717) is 16.8 Å². The van der Waals surface area contributed by atoms with E-state index in [1.807, 2.05) is 30.3 Å². The van der Waals surface area contributed by atoms with Crippen molar-refractivity contribution in [2.45, 2.75) is 0 Å². The topological polar surface area (TPSA) is 56.0 Å². The van der Waals surface area contributed by atoms with Crippen molar-refractivity contribution in [3.63, 3.8) is 0 Å². The van der Waals surface area contributed by atoms with Crippen molar-refractivity contribution in [3.8, 4) is 0 Å². The highest BCUT2D eigenvalue weighted by Crippen LogP contribution is 2.25. The first-order chi connectivity index (χ1) is 9.66. The second-order valence-electron chi connectivity index (χ2n) is 4.46. The maximum atomic E-state index is 12.7. The van der Waals surface area contributed by atoms with Gasteiger partial charge in [0.05, 0.1) is 0 Å². The molecule has 20 heavy (non-hydrogen) atoms. The predicted octanol–water partition coefficient (Wildman–Crippen LogP) is 3.81. The summed E-state index contributed by atoms with van der Waals surface area (Å²) in [7, 11) is 0. The van der Waals surface area contributed by atoms with E-state index in [0.717, 1.165) is 15.2 Å². The van der Waals surface area contributed by atoms with Gasteiger partial charge in [-0.25, -0.2) is 0 Å². The van der Waals surface area contributed by atoms with Gasteiger partial charge in [-0.3, -0.25) is 9.78 Å². The molecule has 1 heterocycles. The quantitative estimate of drug-likeness (QED) is 0.575. The molecule has 4 heteroatoms. The molecule has 0 spiro atoms. The van der Waals surface area contributed by atoms with E-state index in [1.54, 1.807) is 24.5 Å². The van der Waals surface area contributed by atoms with Crippen LogP contribution in [0, 0.1) is 0 Å². The van der Waals surface area contributed by atoms with Crippen LogP contribution >= 0.6 is 15.9 Å². The van der Waals surface area contributed by atoms with Gasteiger partial charge >= 0.3 is 0 Å². The lowest BCUT2D eigenvalue weighted by molar-refractivity contribution is 0.104. The average molecular weight is 327 g/mol. The molecule has 0 aliphatic rings. The van der Waals surface area contributed by atoms with Crippen molar-refractivity contribution in [2.24, 2.45) is 0 Å². The summed E-state index contributed by atoms with van der Waals surface area (Å²) in [6.07, 6.45) is 3.43. The van der Waals surface area contributed by atoms with Gasteiger partial charge in [-0.15, -0.1) is 0 Å². The lowest BCUT2D eigenvalue weighted by atomic mass is 9.97. The number of nitrogens with zero attached hydrogens (tertiary/aromatic N) is 1. The Balaban J connectivity index is 2.20. The Morgan fingerprint density at radius 3 is 2.80 bits per heavy atom. The normalized spacial score (nSPS) is 10.7. The highest BCUT2D eigenvalue weighted by Gasteiger charge is 2.15. The Labute approximate surface area is 124 Å². The zero-order chi connectivity index (χ0) is 14.1. The second-order valence-corrected chi connectivity index (χ2v) is 5.38. The summed E-state index contributed by atoms with van der Waals surface area (Å²) in [5.41, 5.74) is 7.53. The van der Waals surface area contributed by atoms with E-state index in [-0.39, 0.29) is 5.78 Å². The first kappa shape index (κ1) is 12.8. The van der Waals surface area contributed by atoms with Gasteiger partial charge in [0, 0.05) is 39.1 Å². The van der Waals surface area contributed by atoms with Crippen LogP contribution in [0.15, 0.2) is 59.3 Å². The van der Waals surface area contributed by atoms with E-state index >= 15 is 0 Å². The Morgan fingerprint density at radius 2 is 1.95 bits per heavy atom. The van der Waals surface area contributed by atoms with Crippen molar-refractivity contribution >= 4 is 38.2 Å². The van der Waals surface area contributed by atoms with Crippen LogP contribution in [0.5, 0.6) is 0 Å². The summed E-state index contributed by atoms with van der Waals surface area (Å²) in [4.78, 5) is 16.8. The van der Waals surface area contributed by atoms with Crippen molar-refractivity contribution in [1.82, 2.24) is 4.98 Å². The fraction of sp³-hybridized carbons (Fsp3) is 0. The molecule has 0 bridgehead atoms. The average Bonchev–Trinajstić information content (AvgIpc) is 2.48. The maximum absolute atomic E-state index is 12.7. The molecule has 0 amide bonds. The summed E-state index contributed by atoms with van der Waals surface area (Å²) >= 11 is 3.37. The number of anilines is 1. The molecule has 3 aromatic rings. The van der Waals surface area contributed by atoms with Gasteiger partial charge in [-0.1, -0.05) is 34.1 Å². The second kappa shape index (κ2) is 5.06. The number of carbonyl (C=O) groups excluding carboxylic acids is 1. The van der Waals surface area contributed by atoms with Crippen LogP contribution in [0.1, 0.15) is 15.9 Å². The molecule has 0 aliphatic carbocycles. The van der Waals surface area contributed by atoms with Crippen LogP contribution in [0.2, 0.25) is 0 Å². The Kier molecular flexibility index (Phi) is 3.24. The van der Waals surface area contributed by atoms with Gasteiger partial charge in [0.15, 0.2) is 5.78 Å². The molecule has 0 radical (unpaired) electrons. The third-order valence-electron chi connectivity index (χ3n) is 3.19. The van der Waals surface area contributed by atoms with E-state index in [4.69, 9.17) is 5.73 Å². The van der Waals surface area contributed by atoms with Gasteiger partial charge in [0.2, 0.25) is 0 Å². The summed E-state index contributed by atoms with van der Waals surface area (Å²) in [6, 6.07) is 12.7. The number of pyridine rings is 1. The number of rotatable bonds is 2. The molecule has 2 N–H and O–H groups in total. The van der Waals surface area contributed by atoms with Crippen LogP contribution < -0.4 is 5.73 Å². The first-order valence-electron chi connectivity index (χ1n) is 6.09. The highest BCUT2D eigenvalue weighted by atomic mass is 79.9. The van der Waals surface area contributed by atoms with Crippen molar-refractivity contribution in [1.29, 1.82) is 0 Å². The van der Waals surface area contributed by atoms with Gasteiger partial charge in [-0.05, 0) is 29.7 Å². The zero-order valence-corrected chi connectivity index (χ0v) is 12.1. The van der Waals surface area contributed by atoms with E-state index < -0.39 is 0 Å². The number of halogens is 1. The highest BCUT2D eigenvalue weighted by molar-refractivity contribution is 9.10. The van der Waals surface area contributed by atoms with E-state index in [1.165, 1.54) is 0 Å². The molecule has 3 nitrogen and oxygen atoms in total. The smallest absolute Gasteiger partial charge is 0.195 e. The van der Waals surface area contributed by atoms with Gasteiger partial charge < -0.3 is 5.73 Å². The number of fused-ring (bicyclic) bond motifs is 1. The Bertz CT molecular complexity index is 809. The molecule has 3 rings (SSSR count). The zero-order valence-electron chi connectivity index (χ0n) is 10.5. The number of nitrogens with two attached hydrogens (primary N) is 1.